The van der Waals surface area contributed by atoms with Gasteiger partial charge in [-0.15, -0.1) is 6.58 Å². The van der Waals surface area contributed by atoms with Crippen LogP contribution in [0.3, 0.4) is 0 Å². The Morgan fingerprint density at radius 3 is 3.00 bits per heavy atom. The van der Waals surface area contributed by atoms with Crippen LogP contribution in [0.4, 0.5) is 0 Å². The number of nitrogens with one attached hydrogen (secondary N) is 1. The highest BCUT2D eigenvalue weighted by molar-refractivity contribution is 5.82. The van der Waals surface area contributed by atoms with Crippen LogP contribution in [0, 0.1) is 11.8 Å². The van der Waals surface area contributed by atoms with Gasteiger partial charge in [-0.05, 0) is 19.3 Å². The van der Waals surface area contributed by atoms with E-state index in [4.69, 9.17) is 0 Å². The van der Waals surface area contributed by atoms with Gasteiger partial charge in [-0.2, -0.15) is 0 Å². The van der Waals surface area contributed by atoms with Crippen LogP contribution in [-0.2, 0) is 14.3 Å². The maximum Gasteiger partial charge on any atom is 0.308 e. The van der Waals surface area contributed by atoms with Gasteiger partial charge in [-0.25, -0.2) is 0 Å². The summed E-state index contributed by atoms with van der Waals surface area (Å²) < 4.78 is 4.65. The van der Waals surface area contributed by atoms with Crippen LogP contribution < -0.4 is 5.32 Å². The first kappa shape index (κ1) is 12.7. The molecule has 0 bridgehead atoms. The van der Waals surface area contributed by atoms with Gasteiger partial charge >= 0.3 is 5.97 Å². The summed E-state index contributed by atoms with van der Waals surface area (Å²) in [5, 5.41) is 2.90. The number of ether oxygens (including phenoxy) is 1. The smallest absolute Gasteiger partial charge is 0.308 e. The highest BCUT2D eigenvalue weighted by Crippen LogP contribution is 2.25. The zero-order valence-electron chi connectivity index (χ0n) is 9.86. The minimum atomic E-state index is -0.250. The van der Waals surface area contributed by atoms with Crippen molar-refractivity contribution >= 4 is 11.9 Å². The molecule has 0 spiro atoms. The van der Waals surface area contributed by atoms with Crippen molar-refractivity contribution in [3.8, 4) is 0 Å². The molecular formula is C12H19NO3. The molecule has 1 rings (SSSR count). The minimum absolute atomic E-state index is 0.0441. The van der Waals surface area contributed by atoms with Crippen LogP contribution in [-0.4, -0.2) is 25.0 Å². The maximum atomic E-state index is 11.6. The standard InChI is InChI=1S/C12H19NO3/c1-4-5-10-7-9(11(14)13-10)6-8(2)12(15)16-3/h4,8-10H,1,5-7H2,2-3H3,(H,13,14)/t8-,9+,10+/m0/s1. The van der Waals surface area contributed by atoms with Crippen LogP contribution in [0.15, 0.2) is 12.7 Å². The normalized spacial score (nSPS) is 26.0. The highest BCUT2D eigenvalue weighted by Gasteiger charge is 2.33. The Hall–Kier alpha value is -1.32. The van der Waals surface area contributed by atoms with Crippen LogP contribution in [0.1, 0.15) is 26.2 Å². The van der Waals surface area contributed by atoms with Crippen molar-refractivity contribution in [2.75, 3.05) is 7.11 Å². The third-order valence-electron chi connectivity index (χ3n) is 2.98. The number of rotatable bonds is 5. The van der Waals surface area contributed by atoms with E-state index in [1.165, 1.54) is 7.11 Å². The molecule has 1 heterocycles. The van der Waals surface area contributed by atoms with Crippen LogP contribution in [0.2, 0.25) is 0 Å². The second-order valence-electron chi connectivity index (χ2n) is 4.32. The number of amides is 1. The van der Waals surface area contributed by atoms with Crippen molar-refractivity contribution < 1.29 is 14.3 Å². The third-order valence-corrected chi connectivity index (χ3v) is 2.98. The zero-order valence-corrected chi connectivity index (χ0v) is 9.86. The second kappa shape index (κ2) is 5.68. The van der Waals surface area contributed by atoms with Gasteiger partial charge in [0.1, 0.15) is 0 Å². The Labute approximate surface area is 96.0 Å². The van der Waals surface area contributed by atoms with E-state index in [1.54, 1.807) is 13.0 Å². The monoisotopic (exact) mass is 225 g/mol. The average molecular weight is 225 g/mol. The fourth-order valence-corrected chi connectivity index (χ4v) is 2.11. The summed E-state index contributed by atoms with van der Waals surface area (Å²) in [6.07, 6.45) is 3.93. The Morgan fingerprint density at radius 2 is 2.44 bits per heavy atom. The average Bonchev–Trinajstić information content (AvgIpc) is 2.58. The lowest BCUT2D eigenvalue weighted by atomic mass is 9.92. The molecular weight excluding hydrogens is 206 g/mol. The van der Waals surface area contributed by atoms with E-state index in [1.807, 2.05) is 0 Å². The fraction of sp³-hybridized carbons (Fsp3) is 0.667. The molecule has 0 aromatic heterocycles. The topological polar surface area (TPSA) is 55.4 Å². The first-order chi connectivity index (χ1) is 7.58. The number of carbonyl (C=O) groups excluding carboxylic acids is 2. The summed E-state index contributed by atoms with van der Waals surface area (Å²) >= 11 is 0. The summed E-state index contributed by atoms with van der Waals surface area (Å²) in [4.78, 5) is 22.9. The van der Waals surface area contributed by atoms with Crippen LogP contribution in [0.5, 0.6) is 0 Å². The van der Waals surface area contributed by atoms with Crippen LogP contribution >= 0.6 is 0 Å². The number of carbonyl (C=O) groups is 2. The van der Waals surface area contributed by atoms with Crippen molar-refractivity contribution in [1.82, 2.24) is 5.32 Å². The maximum absolute atomic E-state index is 11.6. The molecule has 1 aliphatic rings. The molecule has 1 aliphatic heterocycles. The van der Waals surface area contributed by atoms with E-state index in [9.17, 15) is 9.59 Å². The lowest BCUT2D eigenvalue weighted by Gasteiger charge is -2.12. The van der Waals surface area contributed by atoms with Crippen molar-refractivity contribution in [3.63, 3.8) is 0 Å². The van der Waals surface area contributed by atoms with E-state index in [0.717, 1.165) is 12.8 Å². The molecule has 0 aromatic carbocycles. The summed E-state index contributed by atoms with van der Waals surface area (Å²) in [5.74, 6) is -0.496. The molecule has 0 radical (unpaired) electrons. The van der Waals surface area contributed by atoms with Gasteiger partial charge in [0.15, 0.2) is 0 Å². The van der Waals surface area contributed by atoms with Gasteiger partial charge in [0.25, 0.3) is 0 Å². The van der Waals surface area contributed by atoms with Gasteiger partial charge in [0.05, 0.1) is 13.0 Å². The molecule has 16 heavy (non-hydrogen) atoms. The first-order valence-corrected chi connectivity index (χ1v) is 5.57. The van der Waals surface area contributed by atoms with Gasteiger partial charge < -0.3 is 10.1 Å². The molecule has 0 aliphatic carbocycles. The van der Waals surface area contributed by atoms with Gasteiger partial charge in [-0.1, -0.05) is 13.0 Å². The van der Waals surface area contributed by atoms with E-state index < -0.39 is 0 Å². The molecule has 1 N–H and O–H groups in total. The molecule has 1 amide bonds. The summed E-state index contributed by atoms with van der Waals surface area (Å²) in [5.41, 5.74) is 0. The summed E-state index contributed by atoms with van der Waals surface area (Å²) in [6, 6.07) is 0.180. The van der Waals surface area contributed by atoms with E-state index >= 15 is 0 Å². The quantitative estimate of drug-likeness (QED) is 0.566. The predicted molar refractivity (Wildman–Crippen MR) is 60.6 cm³/mol. The SMILES string of the molecule is C=CC[C@@H]1C[C@@H](C[C@H](C)C(=O)OC)C(=O)N1. The van der Waals surface area contributed by atoms with Crippen molar-refractivity contribution in [2.24, 2.45) is 11.8 Å². The molecule has 1 saturated heterocycles. The lowest BCUT2D eigenvalue weighted by molar-refractivity contribution is -0.145. The molecule has 0 aromatic rings. The van der Waals surface area contributed by atoms with Crippen molar-refractivity contribution in [3.05, 3.63) is 12.7 Å². The van der Waals surface area contributed by atoms with Gasteiger partial charge in [0.2, 0.25) is 5.91 Å². The fourth-order valence-electron chi connectivity index (χ4n) is 2.11. The third kappa shape index (κ3) is 3.08. The molecule has 0 saturated carbocycles. The molecule has 3 atom stereocenters. The highest BCUT2D eigenvalue weighted by atomic mass is 16.5. The molecule has 90 valence electrons. The number of methoxy groups -OCH3 is 1. The van der Waals surface area contributed by atoms with Crippen LogP contribution in [0.25, 0.3) is 0 Å². The largest absolute Gasteiger partial charge is 0.469 e. The van der Waals surface area contributed by atoms with E-state index in [2.05, 4.69) is 16.6 Å². The number of hydrogen-bond donors (Lipinski definition) is 1. The van der Waals surface area contributed by atoms with Gasteiger partial charge in [0, 0.05) is 12.0 Å². The van der Waals surface area contributed by atoms with Gasteiger partial charge in [-0.3, -0.25) is 9.59 Å². The number of hydrogen-bond acceptors (Lipinski definition) is 3. The summed E-state index contributed by atoms with van der Waals surface area (Å²) in [7, 11) is 1.37. The van der Waals surface area contributed by atoms with E-state index in [-0.39, 0.29) is 29.8 Å². The second-order valence-corrected chi connectivity index (χ2v) is 4.32. The summed E-state index contributed by atoms with van der Waals surface area (Å²) in [6.45, 7) is 5.44. The predicted octanol–water partition coefficient (Wildman–Crippen LogP) is 1.27. The Morgan fingerprint density at radius 1 is 1.75 bits per heavy atom. The molecule has 4 nitrogen and oxygen atoms in total. The van der Waals surface area contributed by atoms with E-state index in [0.29, 0.717) is 6.42 Å². The lowest BCUT2D eigenvalue weighted by Crippen LogP contribution is -2.26. The first-order valence-electron chi connectivity index (χ1n) is 5.57. The Kier molecular flexibility index (Phi) is 4.52. The Balaban J connectivity index is 2.46. The van der Waals surface area contributed by atoms with Crippen molar-refractivity contribution in [1.29, 1.82) is 0 Å². The zero-order chi connectivity index (χ0) is 12.1. The minimum Gasteiger partial charge on any atom is -0.469 e. The molecule has 0 unspecified atom stereocenters. The van der Waals surface area contributed by atoms with Crippen molar-refractivity contribution in [2.45, 2.75) is 32.2 Å². The molecule has 1 fully saturated rings. The number of esters is 1. The molecule has 4 heteroatoms. The Bertz CT molecular complexity index is 288.